The number of nitrogens with zero attached hydrogens (tertiary/aromatic N) is 2. The molecule has 1 aliphatic rings. The number of rotatable bonds is 9. The van der Waals surface area contributed by atoms with E-state index in [0.717, 1.165) is 35.1 Å². The number of aromatic nitrogens is 2. The molecular formula is C29H26N2O4. The Hall–Kier alpha value is -3.90. The predicted octanol–water partition coefficient (Wildman–Crippen LogP) is 4.46. The summed E-state index contributed by atoms with van der Waals surface area (Å²) in [5.41, 5.74) is 4.43. The van der Waals surface area contributed by atoms with Gasteiger partial charge in [-0.3, -0.25) is 19.0 Å². The second kappa shape index (κ2) is 9.76. The second-order valence-corrected chi connectivity index (χ2v) is 9.16. The Labute approximate surface area is 202 Å². The van der Waals surface area contributed by atoms with Crippen LogP contribution >= 0.6 is 0 Å². The van der Waals surface area contributed by atoms with Crippen LogP contribution in [0.1, 0.15) is 45.5 Å². The second-order valence-electron chi connectivity index (χ2n) is 9.16. The quantitative estimate of drug-likeness (QED) is 0.368. The van der Waals surface area contributed by atoms with E-state index in [4.69, 9.17) is 5.11 Å². The highest BCUT2D eigenvalue weighted by molar-refractivity contribution is 6.00. The number of fused-ring (bicyclic) bond motifs is 1. The summed E-state index contributed by atoms with van der Waals surface area (Å²) in [6.07, 6.45) is 5.09. The van der Waals surface area contributed by atoms with Crippen molar-refractivity contribution in [2.24, 2.45) is 5.92 Å². The molecule has 0 amide bonds. The largest absolute Gasteiger partial charge is 0.388 e. The minimum Gasteiger partial charge on any atom is -0.388 e. The van der Waals surface area contributed by atoms with Gasteiger partial charge in [-0.1, -0.05) is 42.5 Å². The highest BCUT2D eigenvalue weighted by Gasteiger charge is 2.25. The molecule has 6 heteroatoms. The fourth-order valence-electron chi connectivity index (χ4n) is 4.31. The van der Waals surface area contributed by atoms with E-state index in [2.05, 4.69) is 11.1 Å². The summed E-state index contributed by atoms with van der Waals surface area (Å²) < 4.78 is 1.54. The summed E-state index contributed by atoms with van der Waals surface area (Å²) in [6, 6.07) is 20.6. The molecule has 1 heterocycles. The Balaban J connectivity index is 1.35. The number of benzene rings is 3. The van der Waals surface area contributed by atoms with Gasteiger partial charge in [0.25, 0.3) is 5.56 Å². The van der Waals surface area contributed by atoms with Gasteiger partial charge in [0.05, 0.1) is 17.2 Å². The molecule has 1 fully saturated rings. The number of aliphatic hydroxyl groups is 1. The van der Waals surface area contributed by atoms with Crippen LogP contribution in [0.4, 0.5) is 0 Å². The van der Waals surface area contributed by atoms with Crippen molar-refractivity contribution >= 4 is 22.5 Å². The molecule has 35 heavy (non-hydrogen) atoms. The van der Waals surface area contributed by atoms with Crippen molar-refractivity contribution in [1.82, 2.24) is 9.55 Å². The summed E-state index contributed by atoms with van der Waals surface area (Å²) in [6.45, 7) is -0.169. The maximum atomic E-state index is 13.0. The van der Waals surface area contributed by atoms with Crippen molar-refractivity contribution in [1.29, 1.82) is 0 Å². The van der Waals surface area contributed by atoms with Crippen LogP contribution in [0.5, 0.6) is 0 Å². The number of hydrogen-bond donors (Lipinski definition) is 1. The third-order valence-electron chi connectivity index (χ3n) is 6.55. The van der Waals surface area contributed by atoms with Crippen molar-refractivity contribution < 1.29 is 14.7 Å². The normalized spacial score (nSPS) is 13.2. The van der Waals surface area contributed by atoms with Crippen LogP contribution in [0.3, 0.4) is 0 Å². The number of Topliss-reactive ketones (excluding diaryl/α,β-unsaturated/α-hetero) is 2. The third kappa shape index (κ3) is 5.12. The van der Waals surface area contributed by atoms with Gasteiger partial charge in [0.1, 0.15) is 6.61 Å². The van der Waals surface area contributed by atoms with E-state index in [9.17, 15) is 14.4 Å². The van der Waals surface area contributed by atoms with E-state index in [1.165, 1.54) is 12.4 Å². The van der Waals surface area contributed by atoms with Gasteiger partial charge in [0.15, 0.2) is 11.6 Å². The third-order valence-corrected chi connectivity index (χ3v) is 6.55. The van der Waals surface area contributed by atoms with Gasteiger partial charge in [-0.25, -0.2) is 4.98 Å². The zero-order valence-electron chi connectivity index (χ0n) is 19.3. The van der Waals surface area contributed by atoms with Crippen LogP contribution in [-0.2, 0) is 13.0 Å². The molecule has 4 aromatic rings. The van der Waals surface area contributed by atoms with E-state index in [0.29, 0.717) is 41.8 Å². The lowest BCUT2D eigenvalue weighted by Crippen LogP contribution is -2.22. The first-order valence-electron chi connectivity index (χ1n) is 11.9. The molecule has 0 aliphatic heterocycles. The zero-order valence-corrected chi connectivity index (χ0v) is 19.3. The maximum absolute atomic E-state index is 13.0. The van der Waals surface area contributed by atoms with Crippen LogP contribution < -0.4 is 5.56 Å². The molecule has 1 N–H and O–H groups in total. The van der Waals surface area contributed by atoms with Crippen molar-refractivity contribution in [3.63, 3.8) is 0 Å². The maximum Gasteiger partial charge on any atom is 0.261 e. The highest BCUT2D eigenvalue weighted by atomic mass is 16.3. The standard InChI is InChI=1S/C29H26N2O4/c32-17-28(34)24-9-10-26-25(16-24)29(35)31(18-30-26)12-11-19-3-1-4-21(13-19)22-5-2-6-23(15-22)27(33)14-20-7-8-20/h1-6,9-10,13,15-16,18,20,32H,7-8,11-12,14,17H2. The molecule has 1 aliphatic carbocycles. The molecule has 0 saturated heterocycles. The monoisotopic (exact) mass is 466 g/mol. The van der Waals surface area contributed by atoms with Crippen LogP contribution in [0.25, 0.3) is 22.0 Å². The molecule has 6 nitrogen and oxygen atoms in total. The molecule has 1 saturated carbocycles. The number of hydrogen-bond acceptors (Lipinski definition) is 5. The van der Waals surface area contributed by atoms with Crippen LogP contribution in [0.15, 0.2) is 77.9 Å². The average Bonchev–Trinajstić information content (AvgIpc) is 3.72. The smallest absolute Gasteiger partial charge is 0.261 e. The lowest BCUT2D eigenvalue weighted by atomic mass is 9.97. The molecule has 0 unspecified atom stereocenters. The molecule has 176 valence electrons. The van der Waals surface area contributed by atoms with Crippen LogP contribution in [0.2, 0.25) is 0 Å². The fourth-order valence-corrected chi connectivity index (χ4v) is 4.31. The molecule has 1 aromatic heterocycles. The predicted molar refractivity (Wildman–Crippen MR) is 135 cm³/mol. The summed E-state index contributed by atoms with van der Waals surface area (Å²) >= 11 is 0. The topological polar surface area (TPSA) is 89.3 Å². The molecule has 0 radical (unpaired) electrons. The molecule has 0 spiro atoms. The summed E-state index contributed by atoms with van der Waals surface area (Å²) in [4.78, 5) is 41.7. The highest BCUT2D eigenvalue weighted by Crippen LogP contribution is 2.34. The van der Waals surface area contributed by atoms with Gasteiger partial charge >= 0.3 is 0 Å². The Morgan fingerprint density at radius 2 is 1.66 bits per heavy atom. The zero-order chi connectivity index (χ0) is 24.4. The summed E-state index contributed by atoms with van der Waals surface area (Å²) in [5.74, 6) is 0.332. The van der Waals surface area contributed by atoms with Crippen LogP contribution in [-0.4, -0.2) is 32.8 Å². The number of carbonyl (C=O) groups excluding carboxylic acids is 2. The molecular weight excluding hydrogens is 440 g/mol. The first-order valence-corrected chi connectivity index (χ1v) is 11.9. The molecule has 0 atom stereocenters. The van der Waals surface area contributed by atoms with Crippen molar-refractivity contribution in [2.45, 2.75) is 32.2 Å². The van der Waals surface area contributed by atoms with Crippen molar-refractivity contribution in [2.75, 3.05) is 6.61 Å². The van der Waals surface area contributed by atoms with Gasteiger partial charge < -0.3 is 5.11 Å². The number of aryl methyl sites for hydroxylation is 2. The number of carbonyl (C=O) groups is 2. The Bertz CT molecular complexity index is 1480. The van der Waals surface area contributed by atoms with Crippen molar-refractivity contribution in [3.8, 4) is 11.1 Å². The number of ketones is 2. The lowest BCUT2D eigenvalue weighted by Gasteiger charge is -2.10. The first kappa shape index (κ1) is 22.9. The van der Waals surface area contributed by atoms with E-state index in [-0.39, 0.29) is 11.3 Å². The van der Waals surface area contributed by atoms with Crippen molar-refractivity contribution in [3.05, 3.63) is 100 Å². The summed E-state index contributed by atoms with van der Waals surface area (Å²) in [5, 5.41) is 9.47. The molecule has 5 rings (SSSR count). The van der Waals surface area contributed by atoms with Gasteiger partial charge in [-0.05, 0) is 66.1 Å². The lowest BCUT2D eigenvalue weighted by molar-refractivity contribution is 0.0903. The van der Waals surface area contributed by atoms with Gasteiger partial charge in [0.2, 0.25) is 0 Å². The van der Waals surface area contributed by atoms with Crippen LogP contribution in [0, 0.1) is 5.92 Å². The minimum absolute atomic E-state index is 0.206. The Kier molecular flexibility index (Phi) is 6.38. The molecule has 0 bridgehead atoms. The first-order chi connectivity index (χ1) is 17.0. The fraction of sp³-hybridized carbons (Fsp3) is 0.241. The minimum atomic E-state index is -0.603. The van der Waals surface area contributed by atoms with E-state index in [1.54, 1.807) is 16.7 Å². The average molecular weight is 467 g/mol. The van der Waals surface area contributed by atoms with Gasteiger partial charge in [-0.2, -0.15) is 0 Å². The van der Waals surface area contributed by atoms with E-state index < -0.39 is 12.4 Å². The number of aliphatic hydroxyl groups excluding tert-OH is 1. The van der Waals surface area contributed by atoms with E-state index >= 15 is 0 Å². The SMILES string of the molecule is O=C(CO)c1ccc2ncn(CCc3cccc(-c4cccc(C(=O)CC5CC5)c4)c3)c(=O)c2c1. The Morgan fingerprint density at radius 3 is 2.43 bits per heavy atom. The summed E-state index contributed by atoms with van der Waals surface area (Å²) in [7, 11) is 0. The van der Waals surface area contributed by atoms with Gasteiger partial charge in [-0.15, -0.1) is 0 Å². The molecule has 3 aromatic carbocycles. The van der Waals surface area contributed by atoms with Gasteiger partial charge in [0, 0.05) is 24.1 Å². The Morgan fingerprint density at radius 1 is 0.914 bits per heavy atom. The van der Waals surface area contributed by atoms with E-state index in [1.807, 2.05) is 42.5 Å².